The van der Waals surface area contributed by atoms with Crippen molar-refractivity contribution in [3.05, 3.63) is 78.1 Å². The van der Waals surface area contributed by atoms with Crippen molar-refractivity contribution in [2.24, 2.45) is 5.41 Å². The van der Waals surface area contributed by atoms with Crippen molar-refractivity contribution in [3.8, 4) is 16.9 Å². The van der Waals surface area contributed by atoms with Gasteiger partial charge in [-0.1, -0.05) is 56.6 Å². The van der Waals surface area contributed by atoms with Gasteiger partial charge in [-0.05, 0) is 52.9 Å². The highest BCUT2D eigenvalue weighted by Gasteiger charge is 2.33. The maximum absolute atomic E-state index is 10.8. The Kier molecular flexibility index (Phi) is 5.40. The van der Waals surface area contributed by atoms with E-state index in [4.69, 9.17) is 16.3 Å². The summed E-state index contributed by atoms with van der Waals surface area (Å²) in [5.74, 6) is 0.713. The minimum absolute atomic E-state index is 0.307. The van der Waals surface area contributed by atoms with Gasteiger partial charge in [0.2, 0.25) is 6.23 Å². The van der Waals surface area contributed by atoms with Gasteiger partial charge in [-0.15, -0.1) is 0 Å². The number of aromatic nitrogens is 1. The Balaban J connectivity index is 1.82. The summed E-state index contributed by atoms with van der Waals surface area (Å²) >= 11 is 5.95. The van der Waals surface area contributed by atoms with Crippen molar-refractivity contribution in [3.63, 3.8) is 0 Å². The van der Waals surface area contributed by atoms with Gasteiger partial charge in [-0.3, -0.25) is 0 Å². The number of ether oxygens (including phenoxy) is 1. The normalized spacial score (nSPS) is 14.0. The maximum atomic E-state index is 10.8. The van der Waals surface area contributed by atoms with Crippen molar-refractivity contribution in [2.75, 3.05) is 0 Å². The summed E-state index contributed by atoms with van der Waals surface area (Å²) in [5, 5.41) is 11.5. The van der Waals surface area contributed by atoms with E-state index in [1.807, 2.05) is 98.4 Å². The van der Waals surface area contributed by atoms with Crippen LogP contribution in [0.5, 0.6) is 5.75 Å². The monoisotopic (exact) mass is 369 g/mol. The van der Waals surface area contributed by atoms with E-state index >= 15 is 0 Å². The zero-order chi connectivity index (χ0) is 18.7. The van der Waals surface area contributed by atoms with Crippen LogP contribution in [-0.4, -0.2) is 15.8 Å². The first-order chi connectivity index (χ1) is 12.3. The number of hydrogen-bond acceptors (Lipinski definition) is 2. The predicted molar refractivity (Wildman–Crippen MR) is 106 cm³/mol. The van der Waals surface area contributed by atoms with E-state index in [2.05, 4.69) is 0 Å². The van der Waals surface area contributed by atoms with E-state index in [1.54, 1.807) is 0 Å². The largest absolute Gasteiger partial charge is 0.467 e. The average molecular weight is 370 g/mol. The molecule has 26 heavy (non-hydrogen) atoms. The molecule has 0 fully saturated rings. The van der Waals surface area contributed by atoms with Crippen LogP contribution in [0.15, 0.2) is 73.1 Å². The summed E-state index contributed by atoms with van der Waals surface area (Å²) in [7, 11) is 0. The highest BCUT2D eigenvalue weighted by atomic mass is 35.5. The molecule has 136 valence electrons. The highest BCUT2D eigenvalue weighted by molar-refractivity contribution is 6.30. The fourth-order valence-electron chi connectivity index (χ4n) is 2.74. The SMILES string of the molecule is CC(C)(C)C(O)C(Oc1ccc(-c2ccc(Cl)cc2)cc1)n1cccc1. The molecular formula is C22H24ClNO2. The van der Waals surface area contributed by atoms with Gasteiger partial charge in [0.15, 0.2) is 0 Å². The van der Waals surface area contributed by atoms with Gasteiger partial charge in [-0.25, -0.2) is 0 Å². The number of aliphatic hydroxyl groups is 1. The van der Waals surface area contributed by atoms with E-state index in [-0.39, 0.29) is 5.41 Å². The molecule has 2 atom stereocenters. The van der Waals surface area contributed by atoms with Crippen LogP contribution in [0.1, 0.15) is 27.0 Å². The second kappa shape index (κ2) is 7.56. The maximum Gasteiger partial charge on any atom is 0.202 e. The zero-order valence-corrected chi connectivity index (χ0v) is 16.0. The van der Waals surface area contributed by atoms with Crippen LogP contribution in [0, 0.1) is 5.41 Å². The van der Waals surface area contributed by atoms with Crippen LogP contribution in [-0.2, 0) is 0 Å². The fraction of sp³-hybridized carbons (Fsp3) is 0.273. The number of halogens is 1. The van der Waals surface area contributed by atoms with Crippen LogP contribution < -0.4 is 4.74 Å². The summed E-state index contributed by atoms with van der Waals surface area (Å²) in [6, 6.07) is 19.5. The second-order valence-electron chi connectivity index (χ2n) is 7.48. The van der Waals surface area contributed by atoms with Gasteiger partial charge < -0.3 is 14.4 Å². The van der Waals surface area contributed by atoms with E-state index in [1.165, 1.54) is 0 Å². The standard InChI is InChI=1S/C22H24ClNO2/c1-22(2,3)20(25)21(24-14-4-5-15-24)26-19-12-8-17(9-13-19)16-6-10-18(23)11-7-16/h4-15,20-21,25H,1-3H3. The Morgan fingerprint density at radius 3 is 1.88 bits per heavy atom. The molecule has 3 aromatic rings. The third-order valence-corrected chi connectivity index (χ3v) is 4.62. The van der Waals surface area contributed by atoms with Crippen molar-refractivity contribution in [1.29, 1.82) is 0 Å². The van der Waals surface area contributed by atoms with Gasteiger partial charge in [0.05, 0.1) is 0 Å². The van der Waals surface area contributed by atoms with Crippen LogP contribution in [0.4, 0.5) is 0 Å². The first kappa shape index (κ1) is 18.6. The molecule has 1 N–H and O–H groups in total. The molecule has 0 aliphatic carbocycles. The molecule has 0 aliphatic rings. The molecule has 0 saturated heterocycles. The highest BCUT2D eigenvalue weighted by Crippen LogP contribution is 2.32. The molecule has 0 bridgehead atoms. The van der Waals surface area contributed by atoms with Crippen molar-refractivity contribution in [1.82, 2.24) is 4.57 Å². The van der Waals surface area contributed by atoms with Gasteiger partial charge in [0, 0.05) is 17.4 Å². The van der Waals surface area contributed by atoms with Gasteiger partial charge in [-0.2, -0.15) is 0 Å². The van der Waals surface area contributed by atoms with E-state index in [0.717, 1.165) is 16.1 Å². The lowest BCUT2D eigenvalue weighted by Gasteiger charge is -2.34. The lowest BCUT2D eigenvalue weighted by molar-refractivity contribution is -0.0672. The van der Waals surface area contributed by atoms with Gasteiger partial charge in [0.25, 0.3) is 0 Å². The summed E-state index contributed by atoms with van der Waals surface area (Å²) in [6.45, 7) is 6.00. The molecule has 3 nitrogen and oxygen atoms in total. The molecule has 0 amide bonds. The van der Waals surface area contributed by atoms with Crippen LogP contribution >= 0.6 is 11.6 Å². The molecule has 0 saturated carbocycles. The van der Waals surface area contributed by atoms with Gasteiger partial charge >= 0.3 is 0 Å². The number of hydrogen-bond donors (Lipinski definition) is 1. The van der Waals surface area contributed by atoms with Crippen molar-refractivity contribution >= 4 is 11.6 Å². The quantitative estimate of drug-likeness (QED) is 0.617. The topological polar surface area (TPSA) is 34.4 Å². The number of rotatable bonds is 5. The summed E-state index contributed by atoms with van der Waals surface area (Å²) in [4.78, 5) is 0. The van der Waals surface area contributed by atoms with E-state index in [9.17, 15) is 5.11 Å². The molecule has 2 unspecified atom stereocenters. The number of aliphatic hydroxyl groups excluding tert-OH is 1. The number of nitrogens with zero attached hydrogens (tertiary/aromatic N) is 1. The average Bonchev–Trinajstić information content (AvgIpc) is 3.14. The van der Waals surface area contributed by atoms with Crippen LogP contribution in [0.3, 0.4) is 0 Å². The molecular weight excluding hydrogens is 346 g/mol. The van der Waals surface area contributed by atoms with Crippen molar-refractivity contribution in [2.45, 2.75) is 33.1 Å². The predicted octanol–water partition coefficient (Wildman–Crippen LogP) is 5.79. The smallest absolute Gasteiger partial charge is 0.202 e. The second-order valence-corrected chi connectivity index (χ2v) is 7.92. The lowest BCUT2D eigenvalue weighted by atomic mass is 9.88. The van der Waals surface area contributed by atoms with Crippen molar-refractivity contribution < 1.29 is 9.84 Å². The number of benzene rings is 2. The van der Waals surface area contributed by atoms with E-state index in [0.29, 0.717) is 5.75 Å². The Hall–Kier alpha value is -2.23. The minimum Gasteiger partial charge on any atom is -0.467 e. The first-order valence-electron chi connectivity index (χ1n) is 8.68. The Bertz CT molecular complexity index is 818. The van der Waals surface area contributed by atoms with Gasteiger partial charge in [0.1, 0.15) is 11.9 Å². The first-order valence-corrected chi connectivity index (χ1v) is 9.05. The molecule has 3 rings (SSSR count). The lowest BCUT2D eigenvalue weighted by Crippen LogP contribution is -2.38. The Labute approximate surface area is 159 Å². The molecule has 4 heteroatoms. The third kappa shape index (κ3) is 4.29. The van der Waals surface area contributed by atoms with E-state index < -0.39 is 12.3 Å². The minimum atomic E-state index is -0.661. The zero-order valence-electron chi connectivity index (χ0n) is 15.3. The molecule has 0 spiro atoms. The summed E-state index contributed by atoms with van der Waals surface area (Å²) < 4.78 is 8.04. The molecule has 0 radical (unpaired) electrons. The molecule has 2 aromatic carbocycles. The fourth-order valence-corrected chi connectivity index (χ4v) is 2.87. The van der Waals surface area contributed by atoms with Crippen LogP contribution in [0.2, 0.25) is 5.02 Å². The Morgan fingerprint density at radius 2 is 1.38 bits per heavy atom. The third-order valence-electron chi connectivity index (χ3n) is 4.37. The molecule has 1 aromatic heterocycles. The van der Waals surface area contributed by atoms with Crippen LogP contribution in [0.25, 0.3) is 11.1 Å². The Morgan fingerprint density at radius 1 is 0.885 bits per heavy atom. The molecule has 0 aliphatic heterocycles. The summed E-state index contributed by atoms with van der Waals surface area (Å²) in [6.07, 6.45) is 2.65. The molecule has 1 heterocycles. The summed E-state index contributed by atoms with van der Waals surface area (Å²) in [5.41, 5.74) is 1.87.